The Kier molecular flexibility index (Phi) is 8.19. The van der Waals surface area contributed by atoms with Crippen LogP contribution in [-0.4, -0.2) is 55.7 Å². The van der Waals surface area contributed by atoms with Gasteiger partial charge in [-0.05, 0) is 26.8 Å². The van der Waals surface area contributed by atoms with E-state index in [-0.39, 0.29) is 0 Å². The Morgan fingerprint density at radius 3 is 2.18 bits per heavy atom. The third-order valence-electron chi connectivity index (χ3n) is 3.27. The molecule has 0 unspecified atom stereocenters. The van der Waals surface area contributed by atoms with E-state index in [0.29, 0.717) is 17.0 Å². The normalized spacial score (nSPS) is 13.2. The van der Waals surface area contributed by atoms with Crippen molar-refractivity contribution in [2.24, 2.45) is 5.73 Å². The lowest BCUT2D eigenvalue weighted by atomic mass is 9.92. The van der Waals surface area contributed by atoms with Gasteiger partial charge in [0.2, 0.25) is 0 Å². The van der Waals surface area contributed by atoms with Gasteiger partial charge >= 0.3 is 0 Å². The molecule has 0 aliphatic heterocycles. The molecule has 0 radical (unpaired) electrons. The molecular weight excluding hydrogens is 236 g/mol. The summed E-state index contributed by atoms with van der Waals surface area (Å²) in [6.45, 7) is 6.41. The molecule has 0 saturated heterocycles. The fourth-order valence-corrected chi connectivity index (χ4v) is 2.22. The monoisotopic (exact) mass is 264 g/mol. The van der Waals surface area contributed by atoms with E-state index >= 15 is 0 Å². The lowest BCUT2D eigenvalue weighted by Gasteiger charge is -2.43. The maximum absolute atomic E-state index is 5.61. The predicted molar refractivity (Wildman–Crippen MR) is 73.0 cm³/mol. The summed E-state index contributed by atoms with van der Waals surface area (Å²) in [7, 11) is 3.99. The number of ether oxygens (including phenoxy) is 2. The van der Waals surface area contributed by atoms with E-state index in [1.807, 2.05) is 13.8 Å². The predicted octanol–water partition coefficient (Wildman–Crippen LogP) is -0.620. The lowest BCUT2D eigenvalue weighted by molar-refractivity contribution is -0.286. The minimum atomic E-state index is -0.681. The van der Waals surface area contributed by atoms with Crippen LogP contribution in [0.4, 0.5) is 0 Å². The number of rotatable bonds is 10. The molecule has 0 spiro atoms. The van der Waals surface area contributed by atoms with E-state index in [1.165, 1.54) is 0 Å². The summed E-state index contributed by atoms with van der Waals surface area (Å²) in [5, 5.41) is 3.26. The maximum Gasteiger partial charge on any atom is 0.195 e. The first-order valence-corrected chi connectivity index (χ1v) is 6.87. The van der Waals surface area contributed by atoms with Gasteiger partial charge < -0.3 is 25.0 Å². The third kappa shape index (κ3) is 4.65. The van der Waals surface area contributed by atoms with Crippen molar-refractivity contribution in [3.05, 3.63) is 0 Å². The third-order valence-corrected chi connectivity index (χ3v) is 4.29. The molecule has 104 valence electrons. The topological polar surface area (TPSA) is 65.7 Å². The summed E-state index contributed by atoms with van der Waals surface area (Å²) in [6, 6.07) is 0. The van der Waals surface area contributed by atoms with E-state index in [1.54, 1.807) is 14.2 Å². The van der Waals surface area contributed by atoms with E-state index in [9.17, 15) is 0 Å². The maximum atomic E-state index is 5.61. The standard InChI is InChI=1S/C11H28N2O3Si/c1-10(2,16-17)11(14-3,15-4)6-5-8-13-9-7-12/h13H,5-9,12H2,1-4,17H3. The number of methoxy groups -OCH3 is 2. The molecule has 3 N–H and O–H groups in total. The fraction of sp³-hybridized carbons (Fsp3) is 1.00. The van der Waals surface area contributed by atoms with Crippen LogP contribution in [-0.2, 0) is 13.9 Å². The zero-order valence-electron chi connectivity index (χ0n) is 11.8. The van der Waals surface area contributed by atoms with Crippen molar-refractivity contribution in [3.63, 3.8) is 0 Å². The Morgan fingerprint density at radius 1 is 1.18 bits per heavy atom. The van der Waals surface area contributed by atoms with Crippen LogP contribution in [0.1, 0.15) is 26.7 Å². The van der Waals surface area contributed by atoms with Crippen molar-refractivity contribution < 1.29 is 13.9 Å². The van der Waals surface area contributed by atoms with Gasteiger partial charge in [0.25, 0.3) is 0 Å². The van der Waals surface area contributed by atoms with Gasteiger partial charge in [-0.25, -0.2) is 0 Å². The molecule has 0 aliphatic carbocycles. The van der Waals surface area contributed by atoms with Crippen LogP contribution < -0.4 is 11.1 Å². The smallest absolute Gasteiger partial charge is 0.195 e. The van der Waals surface area contributed by atoms with Crippen LogP contribution in [0.2, 0.25) is 0 Å². The summed E-state index contributed by atoms with van der Waals surface area (Å²) in [6.07, 6.45) is 1.74. The summed E-state index contributed by atoms with van der Waals surface area (Å²) < 4.78 is 16.8. The minimum absolute atomic E-state index is 0.434. The highest BCUT2D eigenvalue weighted by atomic mass is 28.2. The van der Waals surface area contributed by atoms with E-state index in [4.69, 9.17) is 19.6 Å². The molecule has 0 heterocycles. The first-order valence-electron chi connectivity index (χ1n) is 6.06. The number of nitrogens with two attached hydrogens (primary N) is 1. The molecule has 6 heteroatoms. The molecule has 0 rings (SSSR count). The van der Waals surface area contributed by atoms with Crippen LogP contribution in [0.3, 0.4) is 0 Å². The van der Waals surface area contributed by atoms with Gasteiger partial charge in [0.05, 0.1) is 0 Å². The number of nitrogens with one attached hydrogen (secondary N) is 1. The second kappa shape index (κ2) is 8.18. The average molecular weight is 264 g/mol. The Balaban J connectivity index is 4.32. The van der Waals surface area contributed by atoms with Gasteiger partial charge in [-0.2, -0.15) is 0 Å². The van der Waals surface area contributed by atoms with Crippen LogP contribution in [0.25, 0.3) is 0 Å². The molecule has 0 aromatic rings. The summed E-state index contributed by atoms with van der Waals surface area (Å²) in [5.74, 6) is -0.681. The van der Waals surface area contributed by atoms with E-state index in [0.717, 1.165) is 25.9 Å². The van der Waals surface area contributed by atoms with Crippen molar-refractivity contribution in [1.29, 1.82) is 0 Å². The van der Waals surface area contributed by atoms with Crippen molar-refractivity contribution in [2.45, 2.75) is 38.1 Å². The van der Waals surface area contributed by atoms with Crippen molar-refractivity contribution >= 4 is 10.5 Å². The van der Waals surface area contributed by atoms with Gasteiger partial charge in [-0.3, -0.25) is 0 Å². The molecule has 5 nitrogen and oxygen atoms in total. The Bertz CT molecular complexity index is 199. The van der Waals surface area contributed by atoms with Gasteiger partial charge in [-0.1, -0.05) is 0 Å². The Hall–Kier alpha value is 0.0169. The second-order valence-corrected chi connectivity index (χ2v) is 4.93. The first kappa shape index (κ1) is 17.0. The average Bonchev–Trinajstić information content (AvgIpc) is 2.34. The van der Waals surface area contributed by atoms with Crippen molar-refractivity contribution in [1.82, 2.24) is 5.32 Å². The van der Waals surface area contributed by atoms with Gasteiger partial charge in [-0.15, -0.1) is 0 Å². The van der Waals surface area contributed by atoms with Crippen LogP contribution in [0.5, 0.6) is 0 Å². The zero-order chi connectivity index (χ0) is 13.4. The zero-order valence-corrected chi connectivity index (χ0v) is 13.8. The molecule has 0 amide bonds. The van der Waals surface area contributed by atoms with Crippen LogP contribution >= 0.6 is 0 Å². The number of hydrogen-bond acceptors (Lipinski definition) is 5. The van der Waals surface area contributed by atoms with Gasteiger partial charge in [0, 0.05) is 33.7 Å². The highest BCUT2D eigenvalue weighted by Gasteiger charge is 2.45. The molecule has 0 aliphatic rings. The SMILES string of the molecule is COC(CCCNCCN)(OC)C(C)(C)O[SiH3]. The summed E-state index contributed by atoms with van der Waals surface area (Å²) >= 11 is 0. The number of hydrogen-bond donors (Lipinski definition) is 2. The highest BCUT2D eigenvalue weighted by molar-refractivity contribution is 5.98. The minimum Gasteiger partial charge on any atom is -0.418 e. The molecule has 0 atom stereocenters. The summed E-state index contributed by atoms with van der Waals surface area (Å²) in [5.41, 5.74) is 4.98. The Labute approximate surface area is 108 Å². The van der Waals surface area contributed by atoms with Gasteiger partial charge in [0.1, 0.15) is 16.1 Å². The quantitative estimate of drug-likeness (QED) is 0.313. The molecule has 17 heavy (non-hydrogen) atoms. The van der Waals surface area contributed by atoms with Gasteiger partial charge in [0.15, 0.2) is 5.79 Å². The molecule has 0 saturated carbocycles. The van der Waals surface area contributed by atoms with E-state index < -0.39 is 11.4 Å². The van der Waals surface area contributed by atoms with Crippen molar-refractivity contribution in [3.8, 4) is 0 Å². The molecule has 0 bridgehead atoms. The lowest BCUT2D eigenvalue weighted by Crippen LogP contribution is -2.54. The first-order chi connectivity index (χ1) is 7.99. The molecule has 0 aromatic heterocycles. The van der Waals surface area contributed by atoms with Crippen LogP contribution in [0.15, 0.2) is 0 Å². The second-order valence-electron chi connectivity index (χ2n) is 4.52. The van der Waals surface area contributed by atoms with E-state index in [2.05, 4.69) is 5.32 Å². The molecule has 0 aromatic carbocycles. The molecule has 0 fully saturated rings. The largest absolute Gasteiger partial charge is 0.418 e. The Morgan fingerprint density at radius 2 is 1.76 bits per heavy atom. The molecular formula is C11H28N2O3Si. The summed E-state index contributed by atoms with van der Waals surface area (Å²) in [4.78, 5) is 0. The fourth-order valence-electron chi connectivity index (χ4n) is 1.91. The highest BCUT2D eigenvalue weighted by Crippen LogP contribution is 2.33. The van der Waals surface area contributed by atoms with Crippen molar-refractivity contribution in [2.75, 3.05) is 33.9 Å². The van der Waals surface area contributed by atoms with Crippen LogP contribution in [0, 0.1) is 0 Å².